The van der Waals surface area contributed by atoms with Crippen molar-refractivity contribution in [2.45, 2.75) is 37.8 Å². The van der Waals surface area contributed by atoms with Crippen molar-refractivity contribution in [2.75, 3.05) is 11.9 Å². The number of amides is 1. The lowest BCUT2D eigenvalue weighted by Gasteiger charge is -2.27. The summed E-state index contributed by atoms with van der Waals surface area (Å²) >= 11 is 0. The van der Waals surface area contributed by atoms with Gasteiger partial charge in [-0.05, 0) is 37.0 Å². The van der Waals surface area contributed by atoms with E-state index in [-0.39, 0.29) is 17.6 Å². The maximum Gasteiger partial charge on any atom is 0.282 e. The van der Waals surface area contributed by atoms with Crippen molar-refractivity contribution >= 4 is 11.6 Å². The minimum absolute atomic E-state index is 0.0966. The predicted molar refractivity (Wildman–Crippen MR) is 83.0 cm³/mol. The standard InChI is InChI=1S/C16H16F3N5O/c17-8-1-4-10-11(5-6-20-12(10)7-8)21-16(25)13-14(15(18)19)24(23-22-13)9-2-3-9/h1,4,7,9,11,15,20H,2-3,5-6H2,(H,21,25). The fourth-order valence-corrected chi connectivity index (χ4v) is 3.12. The highest BCUT2D eigenvalue weighted by Crippen LogP contribution is 2.38. The Morgan fingerprint density at radius 3 is 2.84 bits per heavy atom. The van der Waals surface area contributed by atoms with E-state index in [4.69, 9.17) is 0 Å². The third kappa shape index (κ3) is 2.94. The second-order valence-electron chi connectivity index (χ2n) is 6.27. The third-order valence-corrected chi connectivity index (χ3v) is 4.49. The molecule has 6 nitrogen and oxygen atoms in total. The monoisotopic (exact) mass is 351 g/mol. The predicted octanol–water partition coefficient (Wildman–Crippen LogP) is 2.98. The zero-order valence-corrected chi connectivity index (χ0v) is 13.2. The van der Waals surface area contributed by atoms with Gasteiger partial charge >= 0.3 is 0 Å². The molecule has 1 amide bonds. The zero-order chi connectivity index (χ0) is 17.6. The van der Waals surface area contributed by atoms with E-state index >= 15 is 0 Å². The van der Waals surface area contributed by atoms with Crippen LogP contribution in [0.1, 0.15) is 59.5 Å². The summed E-state index contributed by atoms with van der Waals surface area (Å²) in [5.74, 6) is -1.07. The lowest BCUT2D eigenvalue weighted by Crippen LogP contribution is -2.33. The van der Waals surface area contributed by atoms with Gasteiger partial charge in [-0.15, -0.1) is 5.10 Å². The molecular weight excluding hydrogens is 335 g/mol. The summed E-state index contributed by atoms with van der Waals surface area (Å²) < 4.78 is 41.3. The van der Waals surface area contributed by atoms with Crippen LogP contribution in [0, 0.1) is 5.82 Å². The fourth-order valence-electron chi connectivity index (χ4n) is 3.12. The van der Waals surface area contributed by atoms with Gasteiger partial charge in [0.1, 0.15) is 11.5 Å². The Morgan fingerprint density at radius 2 is 2.12 bits per heavy atom. The number of halogens is 3. The van der Waals surface area contributed by atoms with Crippen molar-refractivity contribution in [1.29, 1.82) is 0 Å². The van der Waals surface area contributed by atoms with Gasteiger partial charge in [-0.1, -0.05) is 11.3 Å². The molecule has 2 aliphatic rings. The van der Waals surface area contributed by atoms with Gasteiger partial charge in [0.25, 0.3) is 12.3 Å². The van der Waals surface area contributed by atoms with E-state index in [1.807, 2.05) is 0 Å². The first-order chi connectivity index (χ1) is 12.0. The summed E-state index contributed by atoms with van der Waals surface area (Å²) in [7, 11) is 0. The molecule has 2 aromatic rings. The number of hydrogen-bond donors (Lipinski definition) is 2. The number of benzene rings is 1. The normalized spacial score (nSPS) is 19.4. The lowest BCUT2D eigenvalue weighted by atomic mass is 9.97. The Kier molecular flexibility index (Phi) is 3.85. The van der Waals surface area contributed by atoms with Crippen LogP contribution in [0.2, 0.25) is 0 Å². The van der Waals surface area contributed by atoms with E-state index in [1.54, 1.807) is 6.07 Å². The van der Waals surface area contributed by atoms with Crippen LogP contribution in [0.3, 0.4) is 0 Å². The molecule has 0 radical (unpaired) electrons. The molecule has 2 heterocycles. The molecule has 1 fully saturated rings. The molecule has 1 atom stereocenters. The summed E-state index contributed by atoms with van der Waals surface area (Å²) in [6, 6.07) is 3.73. The van der Waals surface area contributed by atoms with Gasteiger partial charge in [-0.2, -0.15) is 0 Å². The number of nitrogens with zero attached hydrogens (tertiary/aromatic N) is 3. The topological polar surface area (TPSA) is 71.8 Å². The van der Waals surface area contributed by atoms with Crippen LogP contribution in [0.25, 0.3) is 0 Å². The van der Waals surface area contributed by atoms with Crippen LogP contribution < -0.4 is 10.6 Å². The first-order valence-electron chi connectivity index (χ1n) is 8.12. The van der Waals surface area contributed by atoms with Gasteiger partial charge in [-0.25, -0.2) is 17.9 Å². The zero-order valence-electron chi connectivity index (χ0n) is 13.2. The van der Waals surface area contributed by atoms with E-state index in [9.17, 15) is 18.0 Å². The van der Waals surface area contributed by atoms with Gasteiger partial charge in [0.05, 0.1) is 12.1 Å². The first-order valence-corrected chi connectivity index (χ1v) is 8.12. The smallest absolute Gasteiger partial charge is 0.282 e. The van der Waals surface area contributed by atoms with E-state index < -0.39 is 24.1 Å². The summed E-state index contributed by atoms with van der Waals surface area (Å²) in [6.07, 6.45) is -0.745. The molecule has 0 saturated heterocycles. The molecule has 132 valence electrons. The van der Waals surface area contributed by atoms with Crippen molar-refractivity contribution < 1.29 is 18.0 Å². The Bertz CT molecular complexity index is 818. The van der Waals surface area contributed by atoms with Gasteiger partial charge in [0.15, 0.2) is 5.69 Å². The van der Waals surface area contributed by atoms with Crippen molar-refractivity contribution in [1.82, 2.24) is 20.3 Å². The average molecular weight is 351 g/mol. The van der Waals surface area contributed by atoms with Crippen molar-refractivity contribution in [2.24, 2.45) is 0 Å². The number of rotatable bonds is 4. The van der Waals surface area contributed by atoms with Crippen molar-refractivity contribution in [3.8, 4) is 0 Å². The molecule has 0 spiro atoms. The quantitative estimate of drug-likeness (QED) is 0.888. The molecule has 25 heavy (non-hydrogen) atoms. The van der Waals surface area contributed by atoms with Crippen LogP contribution in [-0.4, -0.2) is 27.4 Å². The van der Waals surface area contributed by atoms with Crippen LogP contribution in [0.5, 0.6) is 0 Å². The van der Waals surface area contributed by atoms with Gasteiger partial charge < -0.3 is 10.6 Å². The van der Waals surface area contributed by atoms with E-state index in [1.165, 1.54) is 12.1 Å². The maximum absolute atomic E-state index is 13.4. The number of carbonyl (C=O) groups excluding carboxylic acids is 1. The average Bonchev–Trinajstić information content (AvgIpc) is 3.32. The molecular formula is C16H16F3N5O. The first kappa shape index (κ1) is 15.9. The van der Waals surface area contributed by atoms with Gasteiger partial charge in [0.2, 0.25) is 0 Å². The number of hydrogen-bond acceptors (Lipinski definition) is 4. The number of carbonyl (C=O) groups is 1. The molecule has 1 unspecified atom stereocenters. The minimum atomic E-state index is -2.83. The number of aromatic nitrogens is 3. The molecule has 4 rings (SSSR count). The van der Waals surface area contributed by atoms with Crippen LogP contribution in [0.15, 0.2) is 18.2 Å². The van der Waals surface area contributed by atoms with Gasteiger partial charge in [-0.3, -0.25) is 4.79 Å². The van der Waals surface area contributed by atoms with Gasteiger partial charge in [0, 0.05) is 12.2 Å². The fraction of sp³-hybridized carbons (Fsp3) is 0.438. The Hall–Kier alpha value is -2.58. The van der Waals surface area contributed by atoms with E-state index in [2.05, 4.69) is 20.9 Å². The number of alkyl halides is 2. The number of anilines is 1. The minimum Gasteiger partial charge on any atom is -0.385 e. The lowest BCUT2D eigenvalue weighted by molar-refractivity contribution is 0.0912. The Labute approximate surface area is 141 Å². The van der Waals surface area contributed by atoms with E-state index in [0.717, 1.165) is 17.5 Å². The summed E-state index contributed by atoms with van der Waals surface area (Å²) in [4.78, 5) is 12.5. The van der Waals surface area contributed by atoms with Crippen LogP contribution in [0.4, 0.5) is 18.9 Å². The second kappa shape index (κ2) is 6.05. The molecule has 1 aliphatic heterocycles. The SMILES string of the molecule is O=C(NC1CCNc2cc(F)ccc21)c1nnn(C2CC2)c1C(F)F. The Morgan fingerprint density at radius 1 is 1.32 bits per heavy atom. The van der Waals surface area contributed by atoms with Crippen LogP contribution >= 0.6 is 0 Å². The molecule has 1 aromatic heterocycles. The van der Waals surface area contributed by atoms with Crippen molar-refractivity contribution in [3.05, 3.63) is 41.0 Å². The highest BCUT2D eigenvalue weighted by molar-refractivity contribution is 5.93. The molecule has 9 heteroatoms. The molecule has 1 aromatic carbocycles. The number of nitrogens with one attached hydrogen (secondary N) is 2. The molecule has 1 saturated carbocycles. The summed E-state index contributed by atoms with van der Waals surface area (Å²) in [5.41, 5.74) is 0.527. The second-order valence-corrected chi connectivity index (χ2v) is 6.27. The summed E-state index contributed by atoms with van der Waals surface area (Å²) in [6.45, 7) is 0.540. The highest BCUT2D eigenvalue weighted by Gasteiger charge is 2.35. The number of fused-ring (bicyclic) bond motifs is 1. The Balaban J connectivity index is 1.59. The van der Waals surface area contributed by atoms with Crippen LogP contribution in [-0.2, 0) is 0 Å². The van der Waals surface area contributed by atoms with Crippen molar-refractivity contribution in [3.63, 3.8) is 0 Å². The third-order valence-electron chi connectivity index (χ3n) is 4.49. The molecule has 0 bridgehead atoms. The maximum atomic E-state index is 13.4. The molecule has 1 aliphatic carbocycles. The molecule has 2 N–H and O–H groups in total. The largest absolute Gasteiger partial charge is 0.385 e. The van der Waals surface area contributed by atoms with E-state index in [0.29, 0.717) is 24.2 Å². The highest BCUT2D eigenvalue weighted by atomic mass is 19.3. The summed E-state index contributed by atoms with van der Waals surface area (Å²) in [5, 5.41) is 13.2.